The number of amides is 1. The van der Waals surface area contributed by atoms with Crippen LogP contribution in [0, 0.1) is 13.8 Å². The Labute approximate surface area is 170 Å². The molecule has 2 aromatic rings. The number of benzene rings is 2. The molecule has 1 atom stereocenters. The van der Waals surface area contributed by atoms with Crippen molar-refractivity contribution in [2.45, 2.75) is 26.8 Å². The minimum Gasteiger partial charge on any atom is -0.348 e. The molecular weight excluding hydrogens is 407 g/mol. The lowest BCUT2D eigenvalue weighted by Crippen LogP contribution is -2.41. The average Bonchev–Trinajstić information content (AvgIpc) is 2.57. The number of nitrogens with zero attached hydrogens (tertiary/aromatic N) is 1. The summed E-state index contributed by atoms with van der Waals surface area (Å²) in [7, 11) is -3.74. The van der Waals surface area contributed by atoms with Gasteiger partial charge in [-0.3, -0.25) is 9.10 Å². The van der Waals surface area contributed by atoms with Crippen molar-refractivity contribution in [3.05, 3.63) is 63.1 Å². The minimum absolute atomic E-state index is 0.0830. The van der Waals surface area contributed by atoms with Gasteiger partial charge in [-0.15, -0.1) is 0 Å². The maximum absolute atomic E-state index is 12.5. The van der Waals surface area contributed by atoms with Crippen LogP contribution in [0.15, 0.2) is 36.4 Å². The summed E-state index contributed by atoms with van der Waals surface area (Å²) in [5, 5.41) is 3.13. The molecule has 0 heterocycles. The fraction of sp³-hybridized carbons (Fsp3) is 0.316. The normalized spacial score (nSPS) is 12.5. The molecule has 0 radical (unpaired) electrons. The van der Waals surface area contributed by atoms with Crippen LogP contribution in [-0.2, 0) is 14.8 Å². The van der Waals surface area contributed by atoms with Gasteiger partial charge < -0.3 is 5.32 Å². The summed E-state index contributed by atoms with van der Waals surface area (Å²) in [5.74, 6) is -0.442. The first-order valence-corrected chi connectivity index (χ1v) is 10.9. The Balaban J connectivity index is 2.21. The fourth-order valence-corrected chi connectivity index (χ4v) is 3.91. The average molecular weight is 429 g/mol. The van der Waals surface area contributed by atoms with Crippen LogP contribution in [0.4, 0.5) is 5.69 Å². The molecule has 0 spiro atoms. The van der Waals surface area contributed by atoms with E-state index in [2.05, 4.69) is 5.32 Å². The van der Waals surface area contributed by atoms with E-state index in [1.54, 1.807) is 12.1 Å². The molecule has 8 heteroatoms. The third-order valence-electron chi connectivity index (χ3n) is 4.30. The summed E-state index contributed by atoms with van der Waals surface area (Å²) in [4.78, 5) is 12.5. The second-order valence-corrected chi connectivity index (χ2v) is 9.17. The fourth-order valence-electron chi connectivity index (χ4n) is 2.60. The first-order chi connectivity index (χ1) is 12.5. The number of hydrogen-bond acceptors (Lipinski definition) is 3. The van der Waals surface area contributed by atoms with E-state index in [1.165, 1.54) is 6.07 Å². The molecule has 27 heavy (non-hydrogen) atoms. The van der Waals surface area contributed by atoms with Crippen LogP contribution in [0.25, 0.3) is 0 Å². The van der Waals surface area contributed by atoms with E-state index < -0.39 is 22.5 Å². The largest absolute Gasteiger partial charge is 0.348 e. The van der Waals surface area contributed by atoms with E-state index in [0.717, 1.165) is 27.3 Å². The number of halogens is 2. The molecule has 1 N–H and O–H groups in total. The molecule has 146 valence electrons. The SMILES string of the molecule is Cc1ccc([C@H](C)NC(=O)CN(c2cccc(Cl)c2Cl)S(C)(=O)=O)cc1C. The van der Waals surface area contributed by atoms with Gasteiger partial charge in [0.2, 0.25) is 15.9 Å². The highest BCUT2D eigenvalue weighted by Gasteiger charge is 2.24. The Hall–Kier alpha value is -1.76. The van der Waals surface area contributed by atoms with Crippen LogP contribution in [0.5, 0.6) is 0 Å². The van der Waals surface area contributed by atoms with E-state index in [0.29, 0.717) is 0 Å². The molecule has 2 aromatic carbocycles. The highest BCUT2D eigenvalue weighted by molar-refractivity contribution is 7.92. The predicted octanol–water partition coefficient (Wildman–Crippen LogP) is 4.25. The smallest absolute Gasteiger partial charge is 0.241 e. The van der Waals surface area contributed by atoms with E-state index in [1.807, 2.05) is 39.0 Å². The molecule has 0 aliphatic carbocycles. The maximum atomic E-state index is 12.5. The summed E-state index contributed by atoms with van der Waals surface area (Å²) in [6.07, 6.45) is 1.02. The number of carbonyl (C=O) groups is 1. The van der Waals surface area contributed by atoms with Gasteiger partial charge in [0.15, 0.2) is 0 Å². The second kappa shape index (κ2) is 8.50. The molecular formula is C19H22Cl2N2O3S. The minimum atomic E-state index is -3.74. The number of sulfonamides is 1. The molecule has 0 aliphatic heterocycles. The summed E-state index contributed by atoms with van der Waals surface area (Å²) in [6.45, 7) is 5.47. The molecule has 0 fully saturated rings. The van der Waals surface area contributed by atoms with Crippen LogP contribution >= 0.6 is 23.2 Å². The summed E-state index contributed by atoms with van der Waals surface area (Å²) < 4.78 is 25.4. The Bertz CT molecular complexity index is 961. The summed E-state index contributed by atoms with van der Waals surface area (Å²) in [5.41, 5.74) is 3.40. The van der Waals surface area contributed by atoms with E-state index in [4.69, 9.17) is 23.2 Å². The molecule has 0 saturated heterocycles. The number of rotatable bonds is 6. The first-order valence-electron chi connectivity index (χ1n) is 8.29. The highest BCUT2D eigenvalue weighted by atomic mass is 35.5. The zero-order valence-corrected chi connectivity index (χ0v) is 17.9. The number of nitrogens with one attached hydrogen (secondary N) is 1. The van der Waals surface area contributed by atoms with Gasteiger partial charge in [-0.2, -0.15) is 0 Å². The summed E-state index contributed by atoms with van der Waals surface area (Å²) in [6, 6.07) is 10.3. The Morgan fingerprint density at radius 3 is 2.41 bits per heavy atom. The number of carbonyl (C=O) groups excluding carboxylic acids is 1. The lowest BCUT2D eigenvalue weighted by atomic mass is 10.0. The van der Waals surface area contributed by atoms with Crippen molar-refractivity contribution in [2.75, 3.05) is 17.1 Å². The van der Waals surface area contributed by atoms with Crippen LogP contribution in [0.2, 0.25) is 10.0 Å². The van der Waals surface area contributed by atoms with Crippen LogP contribution < -0.4 is 9.62 Å². The van der Waals surface area contributed by atoms with Crippen molar-refractivity contribution < 1.29 is 13.2 Å². The van der Waals surface area contributed by atoms with Gasteiger partial charge in [0.25, 0.3) is 0 Å². The van der Waals surface area contributed by atoms with E-state index in [-0.39, 0.29) is 21.8 Å². The van der Waals surface area contributed by atoms with E-state index in [9.17, 15) is 13.2 Å². The van der Waals surface area contributed by atoms with Gasteiger partial charge in [-0.25, -0.2) is 8.42 Å². The Kier molecular flexibility index (Phi) is 6.78. The van der Waals surface area contributed by atoms with Gasteiger partial charge >= 0.3 is 0 Å². The monoisotopic (exact) mass is 428 g/mol. The highest BCUT2D eigenvalue weighted by Crippen LogP contribution is 2.33. The van der Waals surface area contributed by atoms with Crippen molar-refractivity contribution in [1.29, 1.82) is 0 Å². The molecule has 2 rings (SSSR count). The molecule has 0 aromatic heterocycles. The predicted molar refractivity (Wildman–Crippen MR) is 111 cm³/mol. The van der Waals surface area contributed by atoms with Crippen molar-refractivity contribution in [2.24, 2.45) is 0 Å². The van der Waals surface area contributed by atoms with Crippen LogP contribution in [-0.4, -0.2) is 27.1 Å². The van der Waals surface area contributed by atoms with Gasteiger partial charge in [-0.1, -0.05) is 47.5 Å². The lowest BCUT2D eigenvalue weighted by Gasteiger charge is -2.24. The van der Waals surface area contributed by atoms with Crippen LogP contribution in [0.3, 0.4) is 0 Å². The standard InChI is InChI=1S/C19H22Cl2N2O3S/c1-12-8-9-15(10-13(12)2)14(3)22-18(24)11-23(27(4,25)26)17-7-5-6-16(20)19(17)21/h5-10,14H,11H2,1-4H3,(H,22,24)/t14-/m0/s1. The second-order valence-electron chi connectivity index (χ2n) is 6.48. The lowest BCUT2D eigenvalue weighted by molar-refractivity contribution is -0.120. The Morgan fingerprint density at radius 2 is 1.81 bits per heavy atom. The molecule has 5 nitrogen and oxygen atoms in total. The van der Waals surface area contributed by atoms with Crippen molar-refractivity contribution in [3.8, 4) is 0 Å². The molecule has 1 amide bonds. The third-order valence-corrected chi connectivity index (χ3v) is 6.23. The van der Waals surface area contributed by atoms with E-state index >= 15 is 0 Å². The topological polar surface area (TPSA) is 66.5 Å². The van der Waals surface area contributed by atoms with Gasteiger partial charge in [0, 0.05) is 0 Å². The first kappa shape index (κ1) is 21.5. The van der Waals surface area contributed by atoms with Gasteiger partial charge in [-0.05, 0) is 49.6 Å². The van der Waals surface area contributed by atoms with Crippen molar-refractivity contribution in [1.82, 2.24) is 5.32 Å². The third kappa shape index (κ3) is 5.37. The van der Waals surface area contributed by atoms with Crippen molar-refractivity contribution in [3.63, 3.8) is 0 Å². The van der Waals surface area contributed by atoms with Gasteiger partial charge in [0.05, 0.1) is 28.0 Å². The van der Waals surface area contributed by atoms with Crippen LogP contribution in [0.1, 0.15) is 29.7 Å². The quantitative estimate of drug-likeness (QED) is 0.747. The molecule has 0 aliphatic rings. The molecule has 0 unspecified atom stereocenters. The zero-order chi connectivity index (χ0) is 20.4. The van der Waals surface area contributed by atoms with Gasteiger partial charge in [0.1, 0.15) is 6.54 Å². The zero-order valence-electron chi connectivity index (χ0n) is 15.6. The van der Waals surface area contributed by atoms with Crippen molar-refractivity contribution >= 4 is 44.8 Å². The maximum Gasteiger partial charge on any atom is 0.241 e. The Morgan fingerprint density at radius 1 is 1.15 bits per heavy atom. The number of hydrogen-bond donors (Lipinski definition) is 1. The number of aryl methyl sites for hydroxylation is 2. The number of anilines is 1. The summed E-state index contributed by atoms with van der Waals surface area (Å²) >= 11 is 12.1. The molecule has 0 saturated carbocycles. The molecule has 0 bridgehead atoms.